The highest BCUT2D eigenvalue weighted by molar-refractivity contribution is 5.88. The van der Waals surface area contributed by atoms with Crippen LogP contribution in [0.2, 0.25) is 0 Å². The van der Waals surface area contributed by atoms with Crippen molar-refractivity contribution in [3.63, 3.8) is 0 Å². The number of fused-ring (bicyclic) bond motifs is 1. The molecule has 0 unspecified atom stereocenters. The fourth-order valence-corrected chi connectivity index (χ4v) is 4.46. The number of nitrogens with zero attached hydrogens (tertiary/aromatic N) is 3. The van der Waals surface area contributed by atoms with Crippen molar-refractivity contribution >= 4 is 5.91 Å². The van der Waals surface area contributed by atoms with Crippen LogP contribution >= 0.6 is 0 Å². The Morgan fingerprint density at radius 3 is 2.37 bits per heavy atom. The SMILES string of the molecule is CCN1CCN(C2(C(=O)NCc3cccnc3)Cc3ccccc3C2)CC1. The molecule has 27 heavy (non-hydrogen) atoms. The fraction of sp³-hybridized carbons (Fsp3) is 0.455. The van der Waals surface area contributed by atoms with Crippen molar-refractivity contribution in [1.29, 1.82) is 0 Å². The van der Waals surface area contributed by atoms with Gasteiger partial charge in [-0.25, -0.2) is 0 Å². The first-order chi connectivity index (χ1) is 13.2. The zero-order chi connectivity index (χ0) is 18.7. The second-order valence-corrected chi connectivity index (χ2v) is 7.62. The number of carbonyl (C=O) groups is 1. The molecule has 2 aromatic rings. The number of pyridine rings is 1. The van der Waals surface area contributed by atoms with Gasteiger partial charge in [0.25, 0.3) is 0 Å². The molecule has 142 valence electrons. The lowest BCUT2D eigenvalue weighted by molar-refractivity contribution is -0.135. The van der Waals surface area contributed by atoms with Gasteiger partial charge in [-0.2, -0.15) is 0 Å². The van der Waals surface area contributed by atoms with E-state index < -0.39 is 5.54 Å². The highest BCUT2D eigenvalue weighted by Crippen LogP contribution is 2.35. The zero-order valence-electron chi connectivity index (χ0n) is 16.0. The summed E-state index contributed by atoms with van der Waals surface area (Å²) in [4.78, 5) is 22.5. The summed E-state index contributed by atoms with van der Waals surface area (Å²) in [6.45, 7) is 7.77. The molecule has 1 aromatic heterocycles. The highest BCUT2D eigenvalue weighted by atomic mass is 16.2. The van der Waals surface area contributed by atoms with E-state index in [0.29, 0.717) is 6.54 Å². The lowest BCUT2D eigenvalue weighted by atomic mass is 9.90. The van der Waals surface area contributed by atoms with Crippen LogP contribution in [0.4, 0.5) is 0 Å². The van der Waals surface area contributed by atoms with Gasteiger partial charge in [0, 0.05) is 58.0 Å². The summed E-state index contributed by atoms with van der Waals surface area (Å²) in [5.41, 5.74) is 3.19. The molecule has 1 saturated heterocycles. The molecule has 2 heterocycles. The molecule has 1 N–H and O–H groups in total. The molecule has 4 rings (SSSR count). The zero-order valence-corrected chi connectivity index (χ0v) is 16.0. The van der Waals surface area contributed by atoms with E-state index in [1.165, 1.54) is 11.1 Å². The van der Waals surface area contributed by atoms with Crippen LogP contribution in [-0.2, 0) is 24.2 Å². The highest BCUT2D eigenvalue weighted by Gasteiger charge is 2.48. The number of piperazine rings is 1. The number of rotatable bonds is 5. The molecule has 0 bridgehead atoms. The van der Waals surface area contributed by atoms with Gasteiger partial charge in [0.15, 0.2) is 0 Å². The smallest absolute Gasteiger partial charge is 0.241 e. The first-order valence-electron chi connectivity index (χ1n) is 9.93. The third kappa shape index (κ3) is 3.62. The Labute approximate surface area is 161 Å². The second kappa shape index (κ2) is 7.79. The quantitative estimate of drug-likeness (QED) is 0.880. The van der Waals surface area contributed by atoms with Crippen molar-refractivity contribution in [2.24, 2.45) is 0 Å². The molecular weight excluding hydrogens is 336 g/mol. The summed E-state index contributed by atoms with van der Waals surface area (Å²) in [5, 5.41) is 3.20. The number of aromatic nitrogens is 1. The van der Waals surface area contributed by atoms with E-state index in [9.17, 15) is 4.79 Å². The first kappa shape index (κ1) is 18.1. The van der Waals surface area contributed by atoms with Gasteiger partial charge >= 0.3 is 0 Å². The number of amides is 1. The Hall–Kier alpha value is -2.24. The molecule has 0 spiro atoms. The summed E-state index contributed by atoms with van der Waals surface area (Å²) in [7, 11) is 0. The number of hydrogen-bond acceptors (Lipinski definition) is 4. The summed E-state index contributed by atoms with van der Waals surface area (Å²) in [5.74, 6) is 0.146. The summed E-state index contributed by atoms with van der Waals surface area (Å²) in [6, 6.07) is 12.4. The van der Waals surface area contributed by atoms with Gasteiger partial charge < -0.3 is 10.2 Å². The summed E-state index contributed by atoms with van der Waals surface area (Å²) >= 11 is 0. The second-order valence-electron chi connectivity index (χ2n) is 7.62. The van der Waals surface area contributed by atoms with Crippen molar-refractivity contribution in [3.8, 4) is 0 Å². The van der Waals surface area contributed by atoms with Crippen molar-refractivity contribution in [1.82, 2.24) is 20.1 Å². The number of nitrogens with one attached hydrogen (secondary N) is 1. The van der Waals surface area contributed by atoms with E-state index in [1.807, 2.05) is 18.3 Å². The summed E-state index contributed by atoms with van der Waals surface area (Å²) < 4.78 is 0. The maximum atomic E-state index is 13.5. The van der Waals surface area contributed by atoms with Crippen LogP contribution in [0.1, 0.15) is 23.6 Å². The molecule has 1 aliphatic carbocycles. The Morgan fingerprint density at radius 1 is 1.07 bits per heavy atom. The van der Waals surface area contributed by atoms with E-state index in [2.05, 4.69) is 51.3 Å². The van der Waals surface area contributed by atoms with Crippen molar-refractivity contribution < 1.29 is 4.79 Å². The van der Waals surface area contributed by atoms with Crippen LogP contribution < -0.4 is 5.32 Å². The predicted molar refractivity (Wildman–Crippen MR) is 106 cm³/mol. The molecule has 1 amide bonds. The standard InChI is InChI=1S/C22H28N4O/c1-2-25-10-12-26(13-11-25)22(14-19-7-3-4-8-20(19)15-22)21(27)24-17-18-6-5-9-23-16-18/h3-9,16H,2,10-15,17H2,1H3,(H,24,27). The van der Waals surface area contributed by atoms with Gasteiger partial charge in [-0.3, -0.25) is 14.7 Å². The number of benzene rings is 1. The molecular formula is C22H28N4O. The largest absolute Gasteiger partial charge is 0.350 e. The third-order valence-corrected chi connectivity index (χ3v) is 6.11. The lowest BCUT2D eigenvalue weighted by Gasteiger charge is -2.44. The Balaban J connectivity index is 1.54. The average molecular weight is 364 g/mol. The third-order valence-electron chi connectivity index (χ3n) is 6.11. The maximum Gasteiger partial charge on any atom is 0.241 e. The molecule has 0 saturated carbocycles. The van der Waals surface area contributed by atoms with Crippen LogP contribution in [0.3, 0.4) is 0 Å². The van der Waals surface area contributed by atoms with Crippen molar-refractivity contribution in [2.45, 2.75) is 31.8 Å². The lowest BCUT2D eigenvalue weighted by Crippen LogP contribution is -2.64. The van der Waals surface area contributed by atoms with E-state index in [0.717, 1.165) is 51.1 Å². The first-order valence-corrected chi connectivity index (χ1v) is 9.93. The van der Waals surface area contributed by atoms with Crippen molar-refractivity contribution in [3.05, 3.63) is 65.5 Å². The topological polar surface area (TPSA) is 48.5 Å². The minimum absolute atomic E-state index is 0.146. The average Bonchev–Trinajstić information content (AvgIpc) is 3.14. The van der Waals surface area contributed by atoms with E-state index in [1.54, 1.807) is 6.20 Å². The minimum Gasteiger partial charge on any atom is -0.350 e. The number of likely N-dealkylation sites (N-methyl/N-ethyl adjacent to an activating group) is 1. The Bertz CT molecular complexity index is 759. The minimum atomic E-state index is -0.467. The number of hydrogen-bond donors (Lipinski definition) is 1. The van der Waals surface area contributed by atoms with Gasteiger partial charge in [-0.15, -0.1) is 0 Å². The molecule has 1 fully saturated rings. The maximum absolute atomic E-state index is 13.5. The van der Waals surface area contributed by atoms with Crippen LogP contribution in [0.5, 0.6) is 0 Å². The van der Waals surface area contributed by atoms with E-state index in [-0.39, 0.29) is 5.91 Å². The molecule has 0 atom stereocenters. The fourth-order valence-electron chi connectivity index (χ4n) is 4.46. The van der Waals surface area contributed by atoms with Crippen LogP contribution in [0, 0.1) is 0 Å². The molecule has 2 aliphatic rings. The number of carbonyl (C=O) groups excluding carboxylic acids is 1. The van der Waals surface area contributed by atoms with Gasteiger partial charge in [0.1, 0.15) is 5.54 Å². The van der Waals surface area contributed by atoms with Crippen molar-refractivity contribution in [2.75, 3.05) is 32.7 Å². The van der Waals surface area contributed by atoms with Crippen LogP contribution in [0.25, 0.3) is 0 Å². The normalized spacial score (nSPS) is 19.6. The van der Waals surface area contributed by atoms with E-state index in [4.69, 9.17) is 0 Å². The van der Waals surface area contributed by atoms with Crippen LogP contribution in [-0.4, -0.2) is 59.0 Å². The Kier molecular flexibility index (Phi) is 5.23. The molecule has 1 aliphatic heterocycles. The molecule has 0 radical (unpaired) electrons. The van der Waals surface area contributed by atoms with Gasteiger partial charge in [-0.05, 0) is 29.3 Å². The van der Waals surface area contributed by atoms with E-state index >= 15 is 0 Å². The molecule has 1 aromatic carbocycles. The van der Waals surface area contributed by atoms with Gasteiger partial charge in [0.2, 0.25) is 5.91 Å². The van der Waals surface area contributed by atoms with Crippen LogP contribution in [0.15, 0.2) is 48.8 Å². The monoisotopic (exact) mass is 364 g/mol. The summed E-state index contributed by atoms with van der Waals surface area (Å²) in [6.07, 6.45) is 5.17. The van der Waals surface area contributed by atoms with Gasteiger partial charge in [0.05, 0.1) is 0 Å². The molecule has 5 nitrogen and oxygen atoms in total. The Morgan fingerprint density at radius 2 is 1.78 bits per heavy atom. The van der Waals surface area contributed by atoms with Gasteiger partial charge in [-0.1, -0.05) is 37.3 Å². The molecule has 5 heteroatoms. The predicted octanol–water partition coefficient (Wildman–Crippen LogP) is 1.87.